The fourth-order valence-electron chi connectivity index (χ4n) is 4.45. The first-order valence-electron chi connectivity index (χ1n) is 11.4. The Balaban J connectivity index is 1.43. The number of piperidine rings is 1. The molecule has 2 fully saturated rings. The fourth-order valence-corrected chi connectivity index (χ4v) is 4.45. The lowest BCUT2D eigenvalue weighted by Gasteiger charge is -2.39. The van der Waals surface area contributed by atoms with Gasteiger partial charge in [-0.15, -0.1) is 0 Å². The smallest absolute Gasteiger partial charge is 0.340 e. The summed E-state index contributed by atoms with van der Waals surface area (Å²) in [6.45, 7) is 9.75. The summed E-state index contributed by atoms with van der Waals surface area (Å²) < 4.78 is 38.1. The molecule has 9 heteroatoms. The number of piperazine rings is 1. The molecule has 2 heterocycles. The SMILES string of the molecule is CCN(CC)C(=O)N1CCC(C(=O)N2CCN(Cc3ccc(C(F)(F)F)cc3)CC2)CC1. The van der Waals surface area contributed by atoms with Crippen molar-refractivity contribution in [1.29, 1.82) is 0 Å². The average Bonchev–Trinajstić information content (AvgIpc) is 2.80. The molecule has 0 bridgehead atoms. The molecule has 0 radical (unpaired) electrons. The van der Waals surface area contributed by atoms with E-state index in [1.54, 1.807) is 4.90 Å². The summed E-state index contributed by atoms with van der Waals surface area (Å²) >= 11 is 0. The molecule has 1 aromatic carbocycles. The van der Waals surface area contributed by atoms with Crippen molar-refractivity contribution in [1.82, 2.24) is 19.6 Å². The van der Waals surface area contributed by atoms with Crippen molar-refractivity contribution in [3.05, 3.63) is 35.4 Å². The van der Waals surface area contributed by atoms with Crippen LogP contribution >= 0.6 is 0 Å². The predicted octanol–water partition coefficient (Wildman–Crippen LogP) is 3.52. The van der Waals surface area contributed by atoms with E-state index >= 15 is 0 Å². The van der Waals surface area contributed by atoms with Gasteiger partial charge in [-0.05, 0) is 44.4 Å². The lowest BCUT2D eigenvalue weighted by atomic mass is 9.95. The molecule has 2 aliphatic rings. The van der Waals surface area contributed by atoms with Crippen LogP contribution in [0.3, 0.4) is 0 Å². The number of amides is 3. The minimum Gasteiger partial charge on any atom is -0.340 e. The number of carbonyl (C=O) groups excluding carboxylic acids is 2. The summed E-state index contributed by atoms with van der Waals surface area (Å²) in [7, 11) is 0. The van der Waals surface area contributed by atoms with Crippen LogP contribution in [0.4, 0.5) is 18.0 Å². The second-order valence-corrected chi connectivity index (χ2v) is 8.51. The molecule has 0 atom stereocenters. The van der Waals surface area contributed by atoms with Crippen LogP contribution < -0.4 is 0 Å². The zero-order valence-electron chi connectivity index (χ0n) is 18.9. The predicted molar refractivity (Wildman–Crippen MR) is 116 cm³/mol. The summed E-state index contributed by atoms with van der Waals surface area (Å²) in [5.41, 5.74) is 0.199. The van der Waals surface area contributed by atoms with Crippen molar-refractivity contribution in [2.24, 2.45) is 5.92 Å². The van der Waals surface area contributed by atoms with Crippen molar-refractivity contribution >= 4 is 11.9 Å². The van der Waals surface area contributed by atoms with Crippen molar-refractivity contribution in [2.45, 2.75) is 39.4 Å². The third-order valence-electron chi connectivity index (χ3n) is 6.52. The van der Waals surface area contributed by atoms with Crippen LogP contribution in [-0.4, -0.2) is 83.9 Å². The topological polar surface area (TPSA) is 47.1 Å². The summed E-state index contributed by atoms with van der Waals surface area (Å²) in [6.07, 6.45) is -2.94. The summed E-state index contributed by atoms with van der Waals surface area (Å²) in [6, 6.07) is 5.33. The Morgan fingerprint density at radius 2 is 1.47 bits per heavy atom. The van der Waals surface area contributed by atoms with Gasteiger partial charge in [-0.2, -0.15) is 13.2 Å². The normalized spacial score (nSPS) is 18.7. The molecule has 0 spiro atoms. The van der Waals surface area contributed by atoms with Crippen molar-refractivity contribution in [3.8, 4) is 0 Å². The number of likely N-dealkylation sites (tertiary alicyclic amines) is 1. The highest BCUT2D eigenvalue weighted by Gasteiger charge is 2.33. The van der Waals surface area contributed by atoms with Crippen LogP contribution in [0.25, 0.3) is 0 Å². The van der Waals surface area contributed by atoms with E-state index in [4.69, 9.17) is 0 Å². The Morgan fingerprint density at radius 1 is 0.906 bits per heavy atom. The number of nitrogens with zero attached hydrogens (tertiary/aromatic N) is 4. The van der Waals surface area contributed by atoms with E-state index < -0.39 is 11.7 Å². The van der Waals surface area contributed by atoms with Gasteiger partial charge in [-0.3, -0.25) is 9.69 Å². The third kappa shape index (κ3) is 5.94. The fraction of sp³-hybridized carbons (Fsp3) is 0.652. The van der Waals surface area contributed by atoms with E-state index in [2.05, 4.69) is 4.90 Å². The lowest BCUT2D eigenvalue weighted by Crippen LogP contribution is -2.52. The molecule has 0 unspecified atom stereocenters. The van der Waals surface area contributed by atoms with Crippen LogP contribution in [0.1, 0.15) is 37.8 Å². The molecule has 0 aliphatic carbocycles. The maximum absolute atomic E-state index is 13.0. The Kier molecular flexibility index (Phi) is 8.03. The van der Waals surface area contributed by atoms with E-state index in [1.807, 2.05) is 23.6 Å². The molecular weight excluding hydrogens is 421 g/mol. The lowest BCUT2D eigenvalue weighted by molar-refractivity contribution is -0.139. The molecule has 2 saturated heterocycles. The molecular formula is C23H33F3N4O2. The molecule has 3 rings (SSSR count). The molecule has 178 valence electrons. The summed E-state index contributed by atoms with van der Waals surface area (Å²) in [5.74, 6) is 0.117. The largest absolute Gasteiger partial charge is 0.416 e. The van der Waals surface area contributed by atoms with Gasteiger partial charge in [-0.25, -0.2) is 4.79 Å². The number of hydrogen-bond donors (Lipinski definition) is 0. The molecule has 32 heavy (non-hydrogen) atoms. The third-order valence-corrected chi connectivity index (χ3v) is 6.52. The van der Waals surface area contributed by atoms with Gasteiger partial charge in [0.1, 0.15) is 0 Å². The van der Waals surface area contributed by atoms with Crippen LogP contribution in [0.5, 0.6) is 0 Å². The monoisotopic (exact) mass is 454 g/mol. The highest BCUT2D eigenvalue weighted by Crippen LogP contribution is 2.29. The number of carbonyl (C=O) groups is 2. The number of urea groups is 1. The standard InChI is InChI=1S/C23H33F3N4O2/c1-3-28(4-2)22(32)30-11-9-19(10-12-30)21(31)29-15-13-27(14-16-29)17-18-5-7-20(8-6-18)23(24,25)26/h5-8,19H,3-4,9-17H2,1-2H3. The van der Waals surface area contributed by atoms with Gasteiger partial charge in [0.25, 0.3) is 0 Å². The first-order chi connectivity index (χ1) is 15.2. The molecule has 0 N–H and O–H groups in total. The Labute approximate surface area is 187 Å². The number of alkyl halides is 3. The number of halogens is 3. The maximum Gasteiger partial charge on any atom is 0.416 e. The van der Waals surface area contributed by atoms with Crippen molar-refractivity contribution in [3.63, 3.8) is 0 Å². The van der Waals surface area contributed by atoms with Crippen LogP contribution in [0.15, 0.2) is 24.3 Å². The molecule has 2 aliphatic heterocycles. The number of hydrogen-bond acceptors (Lipinski definition) is 3. The molecule has 1 aromatic rings. The van der Waals surface area contributed by atoms with E-state index in [0.717, 1.165) is 17.7 Å². The first kappa shape index (κ1) is 24.4. The Bertz CT molecular complexity index is 764. The van der Waals surface area contributed by atoms with Crippen LogP contribution in [-0.2, 0) is 17.5 Å². The van der Waals surface area contributed by atoms with E-state index in [0.29, 0.717) is 71.7 Å². The quantitative estimate of drug-likeness (QED) is 0.684. The van der Waals surface area contributed by atoms with Crippen LogP contribution in [0.2, 0.25) is 0 Å². The summed E-state index contributed by atoms with van der Waals surface area (Å²) in [5, 5.41) is 0. The van der Waals surface area contributed by atoms with Crippen LogP contribution in [0, 0.1) is 5.92 Å². The van der Waals surface area contributed by atoms with Crippen molar-refractivity contribution in [2.75, 3.05) is 52.4 Å². The van der Waals surface area contributed by atoms with Gasteiger partial charge in [0.15, 0.2) is 0 Å². The van der Waals surface area contributed by atoms with Gasteiger partial charge in [0, 0.05) is 64.8 Å². The zero-order chi connectivity index (χ0) is 23.3. The van der Waals surface area contributed by atoms with E-state index in [9.17, 15) is 22.8 Å². The number of rotatable bonds is 5. The molecule has 0 saturated carbocycles. The van der Waals surface area contributed by atoms with Gasteiger partial charge in [0.2, 0.25) is 5.91 Å². The van der Waals surface area contributed by atoms with Gasteiger partial charge in [-0.1, -0.05) is 12.1 Å². The molecule has 0 aromatic heterocycles. The highest BCUT2D eigenvalue weighted by atomic mass is 19.4. The van der Waals surface area contributed by atoms with E-state index in [1.165, 1.54) is 12.1 Å². The Morgan fingerprint density at radius 3 is 1.97 bits per heavy atom. The maximum atomic E-state index is 13.0. The number of benzene rings is 1. The zero-order valence-corrected chi connectivity index (χ0v) is 18.9. The first-order valence-corrected chi connectivity index (χ1v) is 11.4. The van der Waals surface area contributed by atoms with Gasteiger partial charge in [0.05, 0.1) is 5.56 Å². The molecule has 3 amide bonds. The minimum absolute atomic E-state index is 0.0442. The second-order valence-electron chi connectivity index (χ2n) is 8.51. The summed E-state index contributed by atoms with van der Waals surface area (Å²) in [4.78, 5) is 33.2. The average molecular weight is 455 g/mol. The van der Waals surface area contributed by atoms with Crippen molar-refractivity contribution < 1.29 is 22.8 Å². The van der Waals surface area contributed by atoms with Gasteiger partial charge < -0.3 is 14.7 Å². The second kappa shape index (κ2) is 10.6. The minimum atomic E-state index is -4.32. The van der Waals surface area contributed by atoms with E-state index in [-0.39, 0.29) is 17.9 Å². The Hall–Kier alpha value is -2.29. The molecule has 6 nitrogen and oxygen atoms in total. The highest BCUT2D eigenvalue weighted by molar-refractivity contribution is 5.80. The van der Waals surface area contributed by atoms with Gasteiger partial charge >= 0.3 is 12.2 Å².